The summed E-state index contributed by atoms with van der Waals surface area (Å²) >= 11 is 3.38. The second-order valence-electron chi connectivity index (χ2n) is 5.13. The quantitative estimate of drug-likeness (QED) is 0.646. The number of hydrogen-bond donors (Lipinski definition) is 2. The van der Waals surface area contributed by atoms with E-state index in [-0.39, 0.29) is 5.91 Å². The van der Waals surface area contributed by atoms with Gasteiger partial charge in [0, 0.05) is 33.3 Å². The first-order chi connectivity index (χ1) is 10.6. The van der Waals surface area contributed by atoms with Crippen LogP contribution in [0.25, 0.3) is 17.0 Å². The lowest BCUT2D eigenvalue weighted by atomic mass is 10.1. The minimum absolute atomic E-state index is 0.153. The predicted octanol–water partition coefficient (Wildman–Crippen LogP) is 4.89. The molecular formula is C18H15BrN2O. The van der Waals surface area contributed by atoms with Crippen LogP contribution in [0.3, 0.4) is 0 Å². The predicted molar refractivity (Wildman–Crippen MR) is 94.8 cm³/mol. The van der Waals surface area contributed by atoms with Gasteiger partial charge in [0.1, 0.15) is 0 Å². The summed E-state index contributed by atoms with van der Waals surface area (Å²) in [5.74, 6) is -0.153. The Morgan fingerprint density at radius 3 is 2.91 bits per heavy atom. The van der Waals surface area contributed by atoms with Crippen LogP contribution in [0.1, 0.15) is 11.1 Å². The molecule has 110 valence electrons. The number of rotatable bonds is 3. The summed E-state index contributed by atoms with van der Waals surface area (Å²) in [6.45, 7) is 2.06. The molecule has 3 aromatic rings. The number of carbonyl (C=O) groups excluding carboxylic acids is 1. The fraction of sp³-hybridized carbons (Fsp3) is 0.0556. The number of anilines is 1. The van der Waals surface area contributed by atoms with E-state index in [9.17, 15) is 4.79 Å². The van der Waals surface area contributed by atoms with Gasteiger partial charge in [0.25, 0.3) is 0 Å². The maximum absolute atomic E-state index is 12.0. The first-order valence-electron chi connectivity index (χ1n) is 6.94. The average Bonchev–Trinajstić information content (AvgIpc) is 2.87. The molecule has 1 aromatic heterocycles. The number of carbonyl (C=O) groups is 1. The van der Waals surface area contributed by atoms with Crippen LogP contribution in [0.5, 0.6) is 0 Å². The van der Waals surface area contributed by atoms with Crippen LogP contribution in [0, 0.1) is 6.92 Å². The normalized spacial score (nSPS) is 11.2. The zero-order valence-corrected chi connectivity index (χ0v) is 13.6. The molecule has 0 bridgehead atoms. The fourth-order valence-corrected chi connectivity index (χ4v) is 2.71. The number of benzene rings is 2. The van der Waals surface area contributed by atoms with E-state index < -0.39 is 0 Å². The van der Waals surface area contributed by atoms with Crippen molar-refractivity contribution in [3.63, 3.8) is 0 Å². The van der Waals surface area contributed by atoms with E-state index in [0.29, 0.717) is 0 Å². The highest BCUT2D eigenvalue weighted by Crippen LogP contribution is 2.21. The molecule has 0 atom stereocenters. The minimum Gasteiger partial charge on any atom is -0.361 e. The first-order valence-corrected chi connectivity index (χ1v) is 7.73. The van der Waals surface area contributed by atoms with Crippen molar-refractivity contribution in [1.82, 2.24) is 4.98 Å². The summed E-state index contributed by atoms with van der Waals surface area (Å²) in [5.41, 5.74) is 4.03. The summed E-state index contributed by atoms with van der Waals surface area (Å²) in [5, 5.41) is 3.96. The Hall–Kier alpha value is -2.33. The minimum atomic E-state index is -0.153. The standard InChI is InChI=1S/C18H15BrN2O/c1-12-5-7-17-16(9-12)13(11-20-17)6-8-18(22)21-15-4-2-3-14(19)10-15/h2-11,20H,1H3,(H,21,22)/b8-6+. The fourth-order valence-electron chi connectivity index (χ4n) is 2.31. The molecule has 0 radical (unpaired) electrons. The van der Waals surface area contributed by atoms with Gasteiger partial charge in [0.05, 0.1) is 0 Å². The van der Waals surface area contributed by atoms with Crippen LogP contribution >= 0.6 is 15.9 Å². The van der Waals surface area contributed by atoms with Gasteiger partial charge in [-0.2, -0.15) is 0 Å². The van der Waals surface area contributed by atoms with Crippen molar-refractivity contribution in [2.24, 2.45) is 0 Å². The molecule has 4 heteroatoms. The van der Waals surface area contributed by atoms with Gasteiger partial charge in [0.2, 0.25) is 5.91 Å². The molecule has 0 spiro atoms. The monoisotopic (exact) mass is 354 g/mol. The first kappa shape index (κ1) is 14.6. The smallest absolute Gasteiger partial charge is 0.248 e. The van der Waals surface area contributed by atoms with Crippen LogP contribution in [-0.2, 0) is 4.79 Å². The lowest BCUT2D eigenvalue weighted by Gasteiger charge is -2.02. The molecular weight excluding hydrogens is 340 g/mol. The van der Waals surface area contributed by atoms with Gasteiger partial charge < -0.3 is 10.3 Å². The van der Waals surface area contributed by atoms with Crippen molar-refractivity contribution < 1.29 is 4.79 Å². The number of nitrogens with one attached hydrogen (secondary N) is 2. The Morgan fingerprint density at radius 1 is 1.23 bits per heavy atom. The summed E-state index contributed by atoms with van der Waals surface area (Å²) in [6.07, 6.45) is 5.28. The van der Waals surface area contributed by atoms with E-state index >= 15 is 0 Å². The van der Waals surface area contributed by atoms with Gasteiger partial charge in [-0.05, 0) is 48.9 Å². The van der Waals surface area contributed by atoms with Crippen molar-refractivity contribution in [3.05, 3.63) is 70.3 Å². The molecule has 3 rings (SSSR count). The van der Waals surface area contributed by atoms with E-state index in [1.807, 2.05) is 42.6 Å². The molecule has 2 aromatic carbocycles. The molecule has 3 nitrogen and oxygen atoms in total. The average molecular weight is 355 g/mol. The van der Waals surface area contributed by atoms with Gasteiger partial charge in [-0.3, -0.25) is 4.79 Å². The van der Waals surface area contributed by atoms with Crippen LogP contribution in [0.15, 0.2) is 59.2 Å². The highest BCUT2D eigenvalue weighted by atomic mass is 79.9. The Labute approximate surface area is 137 Å². The van der Waals surface area contributed by atoms with E-state index in [1.165, 1.54) is 5.56 Å². The maximum Gasteiger partial charge on any atom is 0.248 e. The van der Waals surface area contributed by atoms with Crippen molar-refractivity contribution in [2.45, 2.75) is 6.92 Å². The van der Waals surface area contributed by atoms with E-state index in [2.05, 4.69) is 45.3 Å². The number of aromatic amines is 1. The number of fused-ring (bicyclic) bond motifs is 1. The largest absolute Gasteiger partial charge is 0.361 e. The van der Waals surface area contributed by atoms with E-state index in [0.717, 1.165) is 26.6 Å². The van der Waals surface area contributed by atoms with Gasteiger partial charge >= 0.3 is 0 Å². The molecule has 0 aliphatic carbocycles. The number of hydrogen-bond acceptors (Lipinski definition) is 1. The van der Waals surface area contributed by atoms with Crippen molar-refractivity contribution >= 4 is 44.5 Å². The van der Waals surface area contributed by atoms with Crippen LogP contribution < -0.4 is 5.32 Å². The molecule has 22 heavy (non-hydrogen) atoms. The van der Waals surface area contributed by atoms with E-state index in [4.69, 9.17) is 0 Å². The van der Waals surface area contributed by atoms with Crippen molar-refractivity contribution in [2.75, 3.05) is 5.32 Å². The highest BCUT2D eigenvalue weighted by Gasteiger charge is 2.02. The molecule has 0 saturated carbocycles. The summed E-state index contributed by atoms with van der Waals surface area (Å²) in [4.78, 5) is 15.2. The number of aromatic nitrogens is 1. The van der Waals surface area contributed by atoms with Crippen molar-refractivity contribution in [1.29, 1.82) is 0 Å². The topological polar surface area (TPSA) is 44.9 Å². The molecule has 0 fully saturated rings. The van der Waals surface area contributed by atoms with E-state index in [1.54, 1.807) is 6.08 Å². The van der Waals surface area contributed by atoms with Gasteiger partial charge in [0.15, 0.2) is 0 Å². The third-order valence-corrected chi connectivity index (χ3v) is 3.87. The number of H-pyrrole nitrogens is 1. The van der Waals surface area contributed by atoms with Crippen LogP contribution in [-0.4, -0.2) is 10.9 Å². The molecule has 0 unspecified atom stereocenters. The lowest BCUT2D eigenvalue weighted by molar-refractivity contribution is -0.111. The Morgan fingerprint density at radius 2 is 2.09 bits per heavy atom. The Balaban J connectivity index is 1.77. The zero-order valence-electron chi connectivity index (χ0n) is 12.1. The maximum atomic E-state index is 12.0. The van der Waals surface area contributed by atoms with Gasteiger partial charge in [-0.1, -0.05) is 33.6 Å². The number of amides is 1. The van der Waals surface area contributed by atoms with Crippen LogP contribution in [0.4, 0.5) is 5.69 Å². The molecule has 0 saturated heterocycles. The van der Waals surface area contributed by atoms with Crippen molar-refractivity contribution in [3.8, 4) is 0 Å². The highest BCUT2D eigenvalue weighted by molar-refractivity contribution is 9.10. The molecule has 1 amide bonds. The third-order valence-electron chi connectivity index (χ3n) is 3.38. The SMILES string of the molecule is Cc1ccc2[nH]cc(/C=C/C(=O)Nc3cccc(Br)c3)c2c1. The Kier molecular flexibility index (Phi) is 4.11. The molecule has 2 N–H and O–H groups in total. The van der Waals surface area contributed by atoms with Crippen LogP contribution in [0.2, 0.25) is 0 Å². The summed E-state index contributed by atoms with van der Waals surface area (Å²) in [6, 6.07) is 13.7. The summed E-state index contributed by atoms with van der Waals surface area (Å²) in [7, 11) is 0. The second-order valence-corrected chi connectivity index (χ2v) is 6.04. The molecule has 0 aliphatic rings. The number of halogens is 1. The van der Waals surface area contributed by atoms with Gasteiger partial charge in [-0.15, -0.1) is 0 Å². The lowest BCUT2D eigenvalue weighted by Crippen LogP contribution is -2.07. The molecule has 1 heterocycles. The summed E-state index contributed by atoms with van der Waals surface area (Å²) < 4.78 is 0.932. The zero-order chi connectivity index (χ0) is 15.5. The van der Waals surface area contributed by atoms with Gasteiger partial charge in [-0.25, -0.2) is 0 Å². The second kappa shape index (κ2) is 6.20. The molecule has 0 aliphatic heterocycles. The third kappa shape index (κ3) is 3.28. The Bertz CT molecular complexity index is 864. The number of aryl methyl sites for hydroxylation is 1.